The van der Waals surface area contributed by atoms with Crippen molar-refractivity contribution >= 4 is 21.9 Å². The summed E-state index contributed by atoms with van der Waals surface area (Å²) < 4.78 is 21.1. The average Bonchev–Trinajstić information content (AvgIpc) is 2.56. The van der Waals surface area contributed by atoms with Gasteiger partial charge in [-0.3, -0.25) is 4.79 Å². The highest BCUT2D eigenvalue weighted by molar-refractivity contribution is 6.00. The quantitative estimate of drug-likeness (QED) is 0.715. The van der Waals surface area contributed by atoms with Crippen LogP contribution in [0.3, 0.4) is 0 Å². The van der Waals surface area contributed by atoms with Gasteiger partial charge in [-0.2, -0.15) is 0 Å². The lowest BCUT2D eigenvalue weighted by molar-refractivity contribution is 0.312. The molecule has 120 valence electrons. The third kappa shape index (κ3) is 1.93. The molecule has 0 aliphatic heterocycles. The molecule has 0 saturated carbocycles. The lowest BCUT2D eigenvalue weighted by Gasteiger charge is -2.16. The maximum Gasteiger partial charge on any atom is 0.211 e. The molecule has 7 nitrogen and oxygen atoms in total. The van der Waals surface area contributed by atoms with Crippen LogP contribution in [0.1, 0.15) is 0 Å². The van der Waals surface area contributed by atoms with Crippen LogP contribution in [0.15, 0.2) is 27.4 Å². The number of methoxy groups -OCH3 is 3. The number of para-hydroxylation sites is 1. The van der Waals surface area contributed by atoms with Gasteiger partial charge in [0.2, 0.25) is 22.7 Å². The molecule has 0 bridgehead atoms. The van der Waals surface area contributed by atoms with Gasteiger partial charge in [-0.05, 0) is 12.1 Å². The highest BCUT2D eigenvalue weighted by Crippen LogP contribution is 2.50. The number of ether oxygens (including phenoxy) is 3. The Morgan fingerprint density at radius 3 is 2.17 bits per heavy atom. The molecular weight excluding hydrogens is 304 g/mol. The van der Waals surface area contributed by atoms with Crippen molar-refractivity contribution in [3.63, 3.8) is 0 Å². The lowest BCUT2D eigenvalue weighted by Crippen LogP contribution is -2.06. The van der Waals surface area contributed by atoms with Crippen LogP contribution >= 0.6 is 0 Å². The molecule has 0 aliphatic rings. The van der Waals surface area contributed by atoms with E-state index < -0.39 is 11.2 Å². The van der Waals surface area contributed by atoms with Crippen LogP contribution < -0.4 is 19.6 Å². The Morgan fingerprint density at radius 2 is 1.57 bits per heavy atom. The minimum absolute atomic E-state index is 0.000694. The van der Waals surface area contributed by atoms with Crippen LogP contribution in [-0.4, -0.2) is 31.5 Å². The van der Waals surface area contributed by atoms with Crippen LogP contribution in [0.4, 0.5) is 0 Å². The Hall–Kier alpha value is -3.09. The molecule has 0 saturated heterocycles. The zero-order chi connectivity index (χ0) is 16.7. The molecule has 3 aromatic rings. The summed E-state index contributed by atoms with van der Waals surface area (Å²) in [4.78, 5) is 12.8. The maximum absolute atomic E-state index is 12.8. The molecule has 0 atom stereocenters. The summed E-state index contributed by atoms with van der Waals surface area (Å²) in [5, 5.41) is 20.4. The van der Waals surface area contributed by atoms with Crippen LogP contribution in [0.5, 0.6) is 28.7 Å². The molecule has 1 aromatic heterocycles. The molecule has 0 fully saturated rings. The van der Waals surface area contributed by atoms with E-state index in [2.05, 4.69) is 0 Å². The maximum atomic E-state index is 12.8. The predicted octanol–water partition coefficient (Wildman–Crippen LogP) is 2.38. The zero-order valence-corrected chi connectivity index (χ0v) is 12.7. The molecule has 2 aromatic carbocycles. The summed E-state index contributed by atoms with van der Waals surface area (Å²) in [5.74, 6) is -0.505. The molecule has 0 amide bonds. The van der Waals surface area contributed by atoms with Gasteiger partial charge in [0.25, 0.3) is 0 Å². The van der Waals surface area contributed by atoms with Gasteiger partial charge in [0.15, 0.2) is 22.7 Å². The number of fused-ring (bicyclic) bond motifs is 2. The average molecular weight is 318 g/mol. The SMILES string of the molecule is COc1c(OC)c(OC)c2c(=O)c3cccc(O)c3oc2c1O. The fraction of sp³-hybridized carbons (Fsp3) is 0.188. The number of hydrogen-bond donors (Lipinski definition) is 2. The molecule has 3 rings (SSSR count). The lowest BCUT2D eigenvalue weighted by atomic mass is 10.1. The van der Waals surface area contributed by atoms with Crippen LogP contribution in [0.25, 0.3) is 21.9 Å². The Morgan fingerprint density at radius 1 is 0.913 bits per heavy atom. The monoisotopic (exact) mass is 318 g/mol. The second kappa shape index (κ2) is 5.28. The van der Waals surface area contributed by atoms with Crippen molar-refractivity contribution in [1.29, 1.82) is 0 Å². The van der Waals surface area contributed by atoms with E-state index >= 15 is 0 Å². The third-order valence-electron chi connectivity index (χ3n) is 3.58. The van der Waals surface area contributed by atoms with E-state index in [0.717, 1.165) is 0 Å². The Labute approximate surface area is 130 Å². The Balaban J connectivity index is 2.66. The number of benzene rings is 2. The van der Waals surface area contributed by atoms with Crippen molar-refractivity contribution in [2.24, 2.45) is 0 Å². The number of hydrogen-bond acceptors (Lipinski definition) is 7. The minimum Gasteiger partial charge on any atom is -0.504 e. The van der Waals surface area contributed by atoms with E-state index in [0.29, 0.717) is 0 Å². The summed E-state index contributed by atoms with van der Waals surface area (Å²) >= 11 is 0. The highest BCUT2D eigenvalue weighted by atomic mass is 16.5. The second-order valence-electron chi connectivity index (χ2n) is 4.74. The van der Waals surface area contributed by atoms with Gasteiger partial charge in [-0.1, -0.05) is 6.07 Å². The summed E-state index contributed by atoms with van der Waals surface area (Å²) in [6.07, 6.45) is 0. The Kier molecular flexibility index (Phi) is 3.40. The van der Waals surface area contributed by atoms with Crippen molar-refractivity contribution in [3.8, 4) is 28.7 Å². The fourth-order valence-electron chi connectivity index (χ4n) is 2.57. The molecule has 1 heterocycles. The molecule has 0 aliphatic carbocycles. The summed E-state index contributed by atoms with van der Waals surface area (Å²) in [6, 6.07) is 4.41. The van der Waals surface area contributed by atoms with Crippen LogP contribution in [0, 0.1) is 0 Å². The topological polar surface area (TPSA) is 98.4 Å². The second-order valence-corrected chi connectivity index (χ2v) is 4.74. The highest BCUT2D eigenvalue weighted by Gasteiger charge is 2.27. The smallest absolute Gasteiger partial charge is 0.211 e. The first-order valence-electron chi connectivity index (χ1n) is 6.64. The zero-order valence-electron chi connectivity index (χ0n) is 12.7. The summed E-state index contributed by atoms with van der Waals surface area (Å²) in [6.45, 7) is 0. The van der Waals surface area contributed by atoms with Crippen molar-refractivity contribution in [1.82, 2.24) is 0 Å². The van der Waals surface area contributed by atoms with E-state index in [9.17, 15) is 15.0 Å². The number of phenolic OH excluding ortho intramolecular Hbond substituents is 2. The van der Waals surface area contributed by atoms with E-state index in [-0.39, 0.29) is 44.9 Å². The minimum atomic E-state index is -0.467. The molecular formula is C16H14O7. The van der Waals surface area contributed by atoms with Crippen molar-refractivity contribution in [2.45, 2.75) is 0 Å². The summed E-state index contributed by atoms with van der Waals surface area (Å²) in [5.41, 5.74) is -0.654. The van der Waals surface area contributed by atoms with Crippen molar-refractivity contribution in [2.75, 3.05) is 21.3 Å². The van der Waals surface area contributed by atoms with Crippen LogP contribution in [0.2, 0.25) is 0 Å². The van der Waals surface area contributed by atoms with E-state index in [1.54, 1.807) is 0 Å². The number of aromatic hydroxyl groups is 2. The normalized spacial score (nSPS) is 10.9. The number of rotatable bonds is 3. The van der Waals surface area contributed by atoms with E-state index in [1.807, 2.05) is 0 Å². The van der Waals surface area contributed by atoms with Gasteiger partial charge >= 0.3 is 0 Å². The van der Waals surface area contributed by atoms with E-state index in [4.69, 9.17) is 18.6 Å². The van der Waals surface area contributed by atoms with Gasteiger partial charge in [-0.15, -0.1) is 0 Å². The number of phenols is 2. The van der Waals surface area contributed by atoms with Gasteiger partial charge < -0.3 is 28.8 Å². The molecule has 0 radical (unpaired) electrons. The first-order chi connectivity index (χ1) is 11.0. The van der Waals surface area contributed by atoms with Gasteiger partial charge in [-0.25, -0.2) is 0 Å². The van der Waals surface area contributed by atoms with Crippen LogP contribution in [-0.2, 0) is 0 Å². The third-order valence-corrected chi connectivity index (χ3v) is 3.58. The van der Waals surface area contributed by atoms with Crippen molar-refractivity contribution in [3.05, 3.63) is 28.4 Å². The molecule has 23 heavy (non-hydrogen) atoms. The van der Waals surface area contributed by atoms with Gasteiger partial charge in [0.1, 0.15) is 5.39 Å². The van der Waals surface area contributed by atoms with Crippen molar-refractivity contribution < 1.29 is 28.8 Å². The molecule has 0 unspecified atom stereocenters. The van der Waals surface area contributed by atoms with Gasteiger partial charge in [0.05, 0.1) is 26.7 Å². The predicted molar refractivity (Wildman–Crippen MR) is 83.0 cm³/mol. The molecule has 2 N–H and O–H groups in total. The largest absolute Gasteiger partial charge is 0.504 e. The summed E-state index contributed by atoms with van der Waals surface area (Å²) in [7, 11) is 4.06. The Bertz CT molecular complexity index is 972. The van der Waals surface area contributed by atoms with E-state index in [1.165, 1.54) is 39.5 Å². The molecule has 0 spiro atoms. The van der Waals surface area contributed by atoms with Gasteiger partial charge in [0, 0.05) is 0 Å². The first-order valence-corrected chi connectivity index (χ1v) is 6.64. The fourth-order valence-corrected chi connectivity index (χ4v) is 2.57. The standard InChI is InChI=1S/C16H14O7/c1-20-14-9-10(18)7-5-4-6-8(17)12(7)23-13(9)11(19)15(21-2)16(14)22-3/h4-6,17,19H,1-3H3. The molecule has 7 heteroatoms. The first kappa shape index (κ1) is 14.8.